The van der Waals surface area contributed by atoms with Crippen LogP contribution in [0.4, 0.5) is 8.78 Å². The second-order valence-corrected chi connectivity index (χ2v) is 7.00. The normalized spacial score (nSPS) is 15.9. The first kappa shape index (κ1) is 19.9. The van der Waals surface area contributed by atoms with Crippen molar-refractivity contribution in [3.63, 3.8) is 0 Å². The maximum atomic E-state index is 13.4. The fourth-order valence-electron chi connectivity index (χ4n) is 3.38. The van der Waals surface area contributed by atoms with Crippen LogP contribution in [0.15, 0.2) is 48.5 Å². The molecule has 0 bridgehead atoms. The highest BCUT2D eigenvalue weighted by Crippen LogP contribution is 2.24. The van der Waals surface area contributed by atoms with Gasteiger partial charge in [-0.05, 0) is 23.8 Å². The molecule has 0 spiro atoms. The van der Waals surface area contributed by atoms with Gasteiger partial charge in [-0.25, -0.2) is 8.78 Å². The number of benzene rings is 2. The highest BCUT2D eigenvalue weighted by atomic mass is 19.2. The van der Waals surface area contributed by atoms with Crippen LogP contribution in [0.1, 0.15) is 22.0 Å². The molecule has 1 heterocycles. The van der Waals surface area contributed by atoms with E-state index in [2.05, 4.69) is 0 Å². The fraction of sp³-hybridized carbons (Fsp3) is 0.333. The molecular formula is C21H23F2N3O2. The Morgan fingerprint density at radius 3 is 2.14 bits per heavy atom. The van der Waals surface area contributed by atoms with Crippen LogP contribution in [0.5, 0.6) is 0 Å². The number of nitrogens with zero attached hydrogens (tertiary/aromatic N) is 3. The molecule has 1 saturated heterocycles. The Kier molecular flexibility index (Phi) is 6.04. The predicted octanol–water partition coefficient (Wildman–Crippen LogP) is 2.55. The Morgan fingerprint density at radius 2 is 1.57 bits per heavy atom. The lowest BCUT2D eigenvalue weighted by atomic mass is 10.0. The van der Waals surface area contributed by atoms with Crippen LogP contribution in [0.2, 0.25) is 0 Å². The van der Waals surface area contributed by atoms with Crippen molar-refractivity contribution in [1.82, 2.24) is 14.7 Å². The molecule has 28 heavy (non-hydrogen) atoms. The first-order valence-corrected chi connectivity index (χ1v) is 9.13. The molecule has 0 saturated carbocycles. The van der Waals surface area contributed by atoms with Gasteiger partial charge in [-0.2, -0.15) is 0 Å². The summed E-state index contributed by atoms with van der Waals surface area (Å²) in [6, 6.07) is 12.3. The summed E-state index contributed by atoms with van der Waals surface area (Å²) in [6.45, 7) is 1.83. The summed E-state index contributed by atoms with van der Waals surface area (Å²) < 4.78 is 26.5. The Hall–Kier alpha value is -2.80. The average Bonchev–Trinajstić information content (AvgIpc) is 2.71. The average molecular weight is 387 g/mol. The standard InChI is InChI=1S/C21H23F2N3O2/c1-24(2)21(28)19(15-6-4-3-5-7-15)25-10-12-26(13-11-25)20(27)16-8-9-17(22)18(23)14-16/h3-9,14,19H,10-13H2,1-2H3. The van der Waals surface area contributed by atoms with Crippen LogP contribution < -0.4 is 0 Å². The number of piperazine rings is 1. The van der Waals surface area contributed by atoms with E-state index in [9.17, 15) is 18.4 Å². The molecule has 0 aromatic heterocycles. The number of halogens is 2. The van der Waals surface area contributed by atoms with Gasteiger partial charge in [-0.3, -0.25) is 14.5 Å². The predicted molar refractivity (Wildman–Crippen MR) is 102 cm³/mol. The molecule has 0 aliphatic carbocycles. The first-order valence-electron chi connectivity index (χ1n) is 9.13. The largest absolute Gasteiger partial charge is 0.347 e. The lowest BCUT2D eigenvalue weighted by Gasteiger charge is -2.39. The molecule has 0 N–H and O–H groups in total. The minimum atomic E-state index is -1.04. The number of likely N-dealkylation sites (N-methyl/N-ethyl adjacent to an activating group) is 1. The van der Waals surface area contributed by atoms with Gasteiger partial charge in [0.1, 0.15) is 6.04 Å². The van der Waals surface area contributed by atoms with Crippen LogP contribution in [-0.4, -0.2) is 66.8 Å². The summed E-state index contributed by atoms with van der Waals surface area (Å²) in [5.41, 5.74) is 1.03. The minimum Gasteiger partial charge on any atom is -0.347 e. The lowest BCUT2D eigenvalue weighted by molar-refractivity contribution is -0.135. The van der Waals surface area contributed by atoms with E-state index in [1.807, 2.05) is 35.2 Å². The third kappa shape index (κ3) is 4.20. The highest BCUT2D eigenvalue weighted by molar-refractivity contribution is 5.94. The van der Waals surface area contributed by atoms with E-state index in [0.717, 1.165) is 17.7 Å². The van der Waals surface area contributed by atoms with Gasteiger partial charge in [0.05, 0.1) is 0 Å². The molecule has 2 aromatic carbocycles. The molecule has 3 rings (SSSR count). The van der Waals surface area contributed by atoms with Gasteiger partial charge < -0.3 is 9.80 Å². The Labute approximate surface area is 163 Å². The van der Waals surface area contributed by atoms with Gasteiger partial charge in [0.25, 0.3) is 5.91 Å². The SMILES string of the molecule is CN(C)C(=O)C(c1ccccc1)N1CCN(C(=O)c2ccc(F)c(F)c2)CC1. The number of carbonyl (C=O) groups is 2. The zero-order valence-corrected chi connectivity index (χ0v) is 15.9. The van der Waals surface area contributed by atoms with Crippen molar-refractivity contribution in [1.29, 1.82) is 0 Å². The second kappa shape index (κ2) is 8.48. The molecule has 148 valence electrons. The van der Waals surface area contributed by atoms with Crippen molar-refractivity contribution in [2.45, 2.75) is 6.04 Å². The number of hydrogen-bond donors (Lipinski definition) is 0. The van der Waals surface area contributed by atoms with Gasteiger partial charge in [-0.1, -0.05) is 30.3 Å². The van der Waals surface area contributed by atoms with Gasteiger partial charge >= 0.3 is 0 Å². The minimum absolute atomic E-state index is 0.0217. The van der Waals surface area contributed by atoms with Crippen LogP contribution in [0.25, 0.3) is 0 Å². The van der Waals surface area contributed by atoms with Gasteiger partial charge in [-0.15, -0.1) is 0 Å². The van der Waals surface area contributed by atoms with E-state index >= 15 is 0 Å². The lowest BCUT2D eigenvalue weighted by Crippen LogP contribution is -2.52. The summed E-state index contributed by atoms with van der Waals surface area (Å²) in [5, 5.41) is 0. The maximum absolute atomic E-state index is 13.4. The molecule has 7 heteroatoms. The molecule has 2 amide bonds. The van der Waals surface area contributed by atoms with Crippen molar-refractivity contribution in [3.05, 3.63) is 71.3 Å². The summed E-state index contributed by atoms with van der Waals surface area (Å²) in [5.74, 6) is -2.38. The van der Waals surface area contributed by atoms with E-state index < -0.39 is 17.7 Å². The summed E-state index contributed by atoms with van der Waals surface area (Å²) in [7, 11) is 3.45. The topological polar surface area (TPSA) is 43.9 Å². The van der Waals surface area contributed by atoms with Crippen LogP contribution >= 0.6 is 0 Å². The maximum Gasteiger partial charge on any atom is 0.254 e. The molecular weight excluding hydrogens is 364 g/mol. The van der Waals surface area contributed by atoms with E-state index in [-0.39, 0.29) is 17.4 Å². The first-order chi connectivity index (χ1) is 13.4. The van der Waals surface area contributed by atoms with E-state index in [1.165, 1.54) is 6.07 Å². The monoisotopic (exact) mass is 387 g/mol. The number of hydrogen-bond acceptors (Lipinski definition) is 3. The summed E-state index contributed by atoms with van der Waals surface area (Å²) in [6.07, 6.45) is 0. The number of rotatable bonds is 4. The van der Waals surface area contributed by atoms with Gasteiger partial charge in [0, 0.05) is 45.8 Å². The summed E-state index contributed by atoms with van der Waals surface area (Å²) in [4.78, 5) is 30.6. The van der Waals surface area contributed by atoms with Crippen molar-refractivity contribution in [3.8, 4) is 0 Å². The Morgan fingerprint density at radius 1 is 0.929 bits per heavy atom. The van der Waals surface area contributed by atoms with E-state index in [4.69, 9.17) is 0 Å². The number of carbonyl (C=O) groups excluding carboxylic acids is 2. The molecule has 0 radical (unpaired) electrons. The highest BCUT2D eigenvalue weighted by Gasteiger charge is 2.32. The van der Waals surface area contributed by atoms with Gasteiger partial charge in [0.15, 0.2) is 11.6 Å². The fourth-order valence-corrected chi connectivity index (χ4v) is 3.38. The molecule has 1 aliphatic rings. The van der Waals surface area contributed by atoms with E-state index in [0.29, 0.717) is 26.2 Å². The second-order valence-electron chi connectivity index (χ2n) is 7.00. The van der Waals surface area contributed by atoms with Crippen molar-refractivity contribution >= 4 is 11.8 Å². The smallest absolute Gasteiger partial charge is 0.254 e. The zero-order valence-electron chi connectivity index (χ0n) is 15.9. The quantitative estimate of drug-likeness (QED) is 0.810. The molecule has 1 fully saturated rings. The number of amides is 2. The molecule has 2 aromatic rings. The van der Waals surface area contributed by atoms with Gasteiger partial charge in [0.2, 0.25) is 5.91 Å². The molecule has 1 aliphatic heterocycles. The zero-order chi connectivity index (χ0) is 20.3. The molecule has 5 nitrogen and oxygen atoms in total. The molecule has 1 unspecified atom stereocenters. The molecule has 1 atom stereocenters. The van der Waals surface area contributed by atoms with Crippen LogP contribution in [0.3, 0.4) is 0 Å². The van der Waals surface area contributed by atoms with Crippen molar-refractivity contribution in [2.24, 2.45) is 0 Å². The third-order valence-corrected chi connectivity index (χ3v) is 4.92. The Bertz CT molecular complexity index is 850. The Balaban J connectivity index is 1.72. The van der Waals surface area contributed by atoms with Crippen molar-refractivity contribution < 1.29 is 18.4 Å². The van der Waals surface area contributed by atoms with Crippen molar-refractivity contribution in [2.75, 3.05) is 40.3 Å². The van der Waals surface area contributed by atoms with E-state index in [1.54, 1.807) is 23.9 Å². The third-order valence-electron chi connectivity index (χ3n) is 4.92. The van der Waals surface area contributed by atoms with Crippen LogP contribution in [-0.2, 0) is 4.79 Å². The van der Waals surface area contributed by atoms with Crippen LogP contribution in [0, 0.1) is 11.6 Å². The summed E-state index contributed by atoms with van der Waals surface area (Å²) >= 11 is 0.